The number of alkyl halides is 3. The van der Waals surface area contributed by atoms with Gasteiger partial charge in [0.2, 0.25) is 5.95 Å². The predicted molar refractivity (Wildman–Crippen MR) is 94.5 cm³/mol. The molecule has 2 saturated carbocycles. The van der Waals surface area contributed by atoms with Gasteiger partial charge in [-0.2, -0.15) is 13.2 Å². The fourth-order valence-electron chi connectivity index (χ4n) is 4.50. The molecule has 0 radical (unpaired) electrons. The average molecular weight is 418 g/mol. The van der Waals surface area contributed by atoms with E-state index in [2.05, 4.69) is 15.3 Å². The fraction of sp³-hybridized carbons (Fsp3) is 0.706. The zero-order valence-corrected chi connectivity index (χ0v) is 15.9. The number of hydrogen-bond acceptors (Lipinski definition) is 6. The largest absolute Gasteiger partial charge is 0.434 e. The molecule has 1 saturated heterocycles. The topological polar surface area (TPSA) is 92.3 Å². The van der Waals surface area contributed by atoms with Crippen molar-refractivity contribution in [3.8, 4) is 0 Å². The lowest BCUT2D eigenvalue weighted by Gasteiger charge is -2.27. The van der Waals surface area contributed by atoms with Gasteiger partial charge in [0.05, 0.1) is 17.1 Å². The lowest BCUT2D eigenvalue weighted by molar-refractivity contribution is -0.141. The Kier molecular flexibility index (Phi) is 4.75. The van der Waals surface area contributed by atoms with Crippen molar-refractivity contribution in [1.82, 2.24) is 14.9 Å². The summed E-state index contributed by atoms with van der Waals surface area (Å²) in [5, 5.41) is 3.01. The molecule has 3 fully saturated rings. The van der Waals surface area contributed by atoms with Crippen LogP contribution in [-0.2, 0) is 16.0 Å². The first-order valence-electron chi connectivity index (χ1n) is 9.33. The summed E-state index contributed by atoms with van der Waals surface area (Å²) in [5.41, 5.74) is -1.93. The summed E-state index contributed by atoms with van der Waals surface area (Å²) in [4.78, 5) is 21.3. The second-order valence-electron chi connectivity index (χ2n) is 7.82. The minimum atomic E-state index is -4.82. The zero-order valence-electron chi connectivity index (χ0n) is 15.1. The molecule has 2 aliphatic carbocycles. The Balaban J connectivity index is 1.56. The molecule has 1 aliphatic heterocycles. The van der Waals surface area contributed by atoms with E-state index in [4.69, 9.17) is 0 Å². The van der Waals surface area contributed by atoms with E-state index < -0.39 is 33.2 Å². The SMILES string of the molecule is O=C(c1cnc(N[C@H]2C[C@@H]3CC[C@H]2C3)nc1C(F)(F)F)N1CCS(=O)(=O)CC1. The number of carbonyl (C=O) groups is 1. The highest BCUT2D eigenvalue weighted by Crippen LogP contribution is 2.45. The van der Waals surface area contributed by atoms with Crippen molar-refractivity contribution in [2.45, 2.75) is 37.9 Å². The molecule has 2 heterocycles. The Morgan fingerprint density at radius 3 is 2.46 bits per heavy atom. The van der Waals surface area contributed by atoms with Gasteiger partial charge in [0.25, 0.3) is 5.91 Å². The van der Waals surface area contributed by atoms with Crippen LogP contribution in [0.2, 0.25) is 0 Å². The highest BCUT2D eigenvalue weighted by molar-refractivity contribution is 7.91. The number of carbonyl (C=O) groups excluding carboxylic acids is 1. The third kappa shape index (κ3) is 3.81. The molecule has 1 amide bonds. The van der Waals surface area contributed by atoms with Gasteiger partial charge in [-0.25, -0.2) is 18.4 Å². The van der Waals surface area contributed by atoms with Gasteiger partial charge >= 0.3 is 6.18 Å². The number of hydrogen-bond donors (Lipinski definition) is 1. The number of sulfone groups is 1. The van der Waals surface area contributed by atoms with Crippen LogP contribution in [0.4, 0.5) is 19.1 Å². The third-order valence-electron chi connectivity index (χ3n) is 5.97. The number of fused-ring (bicyclic) bond motifs is 2. The highest BCUT2D eigenvalue weighted by Gasteiger charge is 2.42. The molecule has 1 aromatic heterocycles. The summed E-state index contributed by atoms with van der Waals surface area (Å²) in [5.74, 6) is -0.493. The van der Waals surface area contributed by atoms with Crippen LogP contribution < -0.4 is 5.32 Å². The van der Waals surface area contributed by atoms with Gasteiger partial charge in [-0.3, -0.25) is 4.79 Å². The van der Waals surface area contributed by atoms with Crippen LogP contribution in [0, 0.1) is 11.8 Å². The molecule has 4 rings (SSSR count). The summed E-state index contributed by atoms with van der Waals surface area (Å²) in [6.07, 6.45) is 0.285. The van der Waals surface area contributed by atoms with Crippen LogP contribution in [0.15, 0.2) is 6.20 Å². The van der Waals surface area contributed by atoms with Crippen LogP contribution in [-0.4, -0.2) is 59.8 Å². The van der Waals surface area contributed by atoms with Crippen LogP contribution in [0.5, 0.6) is 0 Å². The lowest BCUT2D eigenvalue weighted by atomic mass is 9.95. The van der Waals surface area contributed by atoms with Gasteiger partial charge in [-0.1, -0.05) is 6.42 Å². The van der Waals surface area contributed by atoms with Crippen molar-refractivity contribution >= 4 is 21.7 Å². The molecule has 1 N–H and O–H groups in total. The van der Waals surface area contributed by atoms with Crippen LogP contribution in [0.3, 0.4) is 0 Å². The molecule has 0 aromatic carbocycles. The Labute approximate surface area is 160 Å². The van der Waals surface area contributed by atoms with Gasteiger partial charge in [0.1, 0.15) is 0 Å². The zero-order chi connectivity index (χ0) is 20.1. The van der Waals surface area contributed by atoms with E-state index >= 15 is 0 Å². The van der Waals surface area contributed by atoms with Crippen LogP contribution >= 0.6 is 0 Å². The Morgan fingerprint density at radius 2 is 1.89 bits per heavy atom. The molecule has 28 heavy (non-hydrogen) atoms. The number of nitrogens with zero attached hydrogens (tertiary/aromatic N) is 3. The van der Waals surface area contributed by atoms with Crippen LogP contribution in [0.1, 0.15) is 41.7 Å². The minimum absolute atomic E-state index is 0.0636. The van der Waals surface area contributed by atoms with E-state index in [1.807, 2.05) is 0 Å². The average Bonchev–Trinajstić information content (AvgIpc) is 3.23. The molecule has 3 atom stereocenters. The highest BCUT2D eigenvalue weighted by atomic mass is 32.2. The summed E-state index contributed by atoms with van der Waals surface area (Å²) >= 11 is 0. The van der Waals surface area contributed by atoms with Crippen molar-refractivity contribution < 1.29 is 26.4 Å². The molecule has 0 spiro atoms. The summed E-state index contributed by atoms with van der Waals surface area (Å²) in [6, 6.07) is 0.0636. The number of nitrogens with one attached hydrogen (secondary N) is 1. The molecule has 7 nitrogen and oxygen atoms in total. The number of amides is 1. The second kappa shape index (κ2) is 6.85. The van der Waals surface area contributed by atoms with Crippen molar-refractivity contribution in [1.29, 1.82) is 0 Å². The molecular formula is C17H21F3N4O3S. The maximum absolute atomic E-state index is 13.6. The van der Waals surface area contributed by atoms with E-state index in [9.17, 15) is 26.4 Å². The lowest BCUT2D eigenvalue weighted by Crippen LogP contribution is -2.44. The first kappa shape index (κ1) is 19.4. The number of anilines is 1. The first-order chi connectivity index (χ1) is 13.1. The van der Waals surface area contributed by atoms with Crippen LogP contribution in [0.25, 0.3) is 0 Å². The molecule has 11 heteroatoms. The Bertz CT molecular complexity index is 876. The summed E-state index contributed by atoms with van der Waals surface area (Å²) in [7, 11) is -3.25. The van der Waals surface area contributed by atoms with Crippen molar-refractivity contribution in [3.05, 3.63) is 17.5 Å². The number of rotatable bonds is 3. The third-order valence-corrected chi connectivity index (χ3v) is 7.58. The number of aromatic nitrogens is 2. The Morgan fingerprint density at radius 1 is 1.18 bits per heavy atom. The maximum atomic E-state index is 13.6. The molecule has 154 valence electrons. The van der Waals surface area contributed by atoms with Crippen molar-refractivity contribution in [2.75, 3.05) is 29.9 Å². The van der Waals surface area contributed by atoms with E-state index in [1.54, 1.807) is 0 Å². The van der Waals surface area contributed by atoms with E-state index in [0.717, 1.165) is 36.8 Å². The fourth-order valence-corrected chi connectivity index (χ4v) is 5.70. The van der Waals surface area contributed by atoms with E-state index in [0.29, 0.717) is 11.8 Å². The molecule has 3 aliphatic rings. The predicted octanol–water partition coefficient (Wildman–Crippen LogP) is 1.97. The van der Waals surface area contributed by atoms with Crippen molar-refractivity contribution in [2.24, 2.45) is 11.8 Å². The van der Waals surface area contributed by atoms with Crippen molar-refractivity contribution in [3.63, 3.8) is 0 Å². The second-order valence-corrected chi connectivity index (χ2v) is 10.1. The molecular weight excluding hydrogens is 397 g/mol. The summed E-state index contributed by atoms with van der Waals surface area (Å²) in [6.45, 7) is -0.271. The van der Waals surface area contributed by atoms with Gasteiger partial charge in [0, 0.05) is 25.3 Å². The first-order valence-corrected chi connectivity index (χ1v) is 11.1. The van der Waals surface area contributed by atoms with Gasteiger partial charge in [-0.05, 0) is 31.1 Å². The molecule has 0 unspecified atom stereocenters. The quantitative estimate of drug-likeness (QED) is 0.807. The molecule has 2 bridgehead atoms. The van der Waals surface area contributed by atoms with Gasteiger partial charge < -0.3 is 10.2 Å². The normalized spacial score (nSPS) is 29.1. The smallest absolute Gasteiger partial charge is 0.351 e. The van der Waals surface area contributed by atoms with E-state index in [-0.39, 0.29) is 36.6 Å². The van der Waals surface area contributed by atoms with Gasteiger partial charge in [-0.15, -0.1) is 0 Å². The number of halogens is 3. The monoisotopic (exact) mass is 418 g/mol. The molecule has 1 aromatic rings. The summed E-state index contributed by atoms with van der Waals surface area (Å²) < 4.78 is 63.7. The van der Waals surface area contributed by atoms with Gasteiger partial charge in [0.15, 0.2) is 15.5 Å². The Hall–Kier alpha value is -1.91. The maximum Gasteiger partial charge on any atom is 0.434 e. The van der Waals surface area contributed by atoms with E-state index in [1.165, 1.54) is 0 Å². The standard InChI is InChI=1S/C17H21F3N4O3S/c18-17(19,20)14-12(15(25)24-3-5-28(26,27)6-4-24)9-21-16(23-14)22-13-8-10-1-2-11(13)7-10/h9-11,13H,1-8H2,(H,21,22,23)/t10-,11+,13+/m1/s1. The minimum Gasteiger partial charge on any atom is -0.351 e.